The van der Waals surface area contributed by atoms with Crippen LogP contribution >= 0.6 is 0 Å². The first kappa shape index (κ1) is 16.2. The van der Waals surface area contributed by atoms with Crippen LogP contribution in [0.5, 0.6) is 11.5 Å². The van der Waals surface area contributed by atoms with Crippen molar-refractivity contribution in [3.05, 3.63) is 47.5 Å². The van der Waals surface area contributed by atoms with Gasteiger partial charge in [0.05, 0.1) is 6.61 Å². The van der Waals surface area contributed by atoms with Crippen LogP contribution in [0.2, 0.25) is 0 Å². The molecule has 0 spiro atoms. The first-order chi connectivity index (χ1) is 12.2. The quantitative estimate of drug-likeness (QED) is 0.769. The van der Waals surface area contributed by atoms with Gasteiger partial charge in [-0.2, -0.15) is 0 Å². The van der Waals surface area contributed by atoms with E-state index < -0.39 is 0 Å². The summed E-state index contributed by atoms with van der Waals surface area (Å²) in [5.74, 6) is 1.55. The fourth-order valence-electron chi connectivity index (χ4n) is 3.87. The standard InChI is InChI=1S/C21H23NO3/c1-3-24-17-10-4-7-14-19(17)20-15(21(14)23)8-5-11-18(20)25-13(2)16-9-6-12-22-16/h4-5,7-8,10-11,13,16,22H,3,6,9,12H2,1-2H3. The zero-order valence-corrected chi connectivity index (χ0v) is 14.7. The zero-order chi connectivity index (χ0) is 17.4. The topological polar surface area (TPSA) is 47.6 Å². The first-order valence-electron chi connectivity index (χ1n) is 9.04. The summed E-state index contributed by atoms with van der Waals surface area (Å²) >= 11 is 0. The van der Waals surface area contributed by atoms with Gasteiger partial charge in [0.2, 0.25) is 0 Å². The van der Waals surface area contributed by atoms with Gasteiger partial charge in [-0.25, -0.2) is 0 Å². The summed E-state index contributed by atoms with van der Waals surface area (Å²) in [5.41, 5.74) is 3.14. The number of ketones is 1. The third kappa shape index (κ3) is 2.71. The summed E-state index contributed by atoms with van der Waals surface area (Å²) in [7, 11) is 0. The highest BCUT2D eigenvalue weighted by molar-refractivity contribution is 6.23. The molecule has 4 nitrogen and oxygen atoms in total. The summed E-state index contributed by atoms with van der Waals surface area (Å²) in [6.45, 7) is 5.65. The van der Waals surface area contributed by atoms with Gasteiger partial charge in [-0.3, -0.25) is 4.79 Å². The van der Waals surface area contributed by atoms with Crippen molar-refractivity contribution in [3.63, 3.8) is 0 Å². The van der Waals surface area contributed by atoms with Crippen molar-refractivity contribution in [2.75, 3.05) is 13.2 Å². The molecular formula is C21H23NO3. The van der Waals surface area contributed by atoms with Gasteiger partial charge in [0.15, 0.2) is 5.78 Å². The molecule has 0 amide bonds. The van der Waals surface area contributed by atoms with E-state index in [0.29, 0.717) is 23.8 Å². The van der Waals surface area contributed by atoms with E-state index in [-0.39, 0.29) is 11.9 Å². The van der Waals surface area contributed by atoms with Crippen molar-refractivity contribution < 1.29 is 14.3 Å². The zero-order valence-electron chi connectivity index (χ0n) is 14.7. The smallest absolute Gasteiger partial charge is 0.194 e. The number of carbonyl (C=O) groups is 1. The number of hydrogen-bond donors (Lipinski definition) is 1. The van der Waals surface area contributed by atoms with Crippen molar-refractivity contribution in [2.24, 2.45) is 0 Å². The van der Waals surface area contributed by atoms with Crippen molar-refractivity contribution in [1.82, 2.24) is 5.32 Å². The lowest BCUT2D eigenvalue weighted by Gasteiger charge is -2.23. The molecule has 4 rings (SSSR count). The minimum absolute atomic E-state index is 0.0450. The molecule has 1 heterocycles. The fraction of sp³-hybridized carbons (Fsp3) is 0.381. The number of nitrogens with one attached hydrogen (secondary N) is 1. The molecule has 4 heteroatoms. The van der Waals surface area contributed by atoms with Gasteiger partial charge < -0.3 is 14.8 Å². The second-order valence-corrected chi connectivity index (χ2v) is 6.65. The maximum atomic E-state index is 12.8. The van der Waals surface area contributed by atoms with E-state index in [2.05, 4.69) is 12.2 Å². The highest BCUT2D eigenvalue weighted by Crippen LogP contribution is 2.47. The minimum atomic E-state index is 0.0450. The monoisotopic (exact) mass is 337 g/mol. The van der Waals surface area contributed by atoms with Crippen LogP contribution in [0.25, 0.3) is 11.1 Å². The maximum Gasteiger partial charge on any atom is 0.194 e. The summed E-state index contributed by atoms with van der Waals surface area (Å²) in [5, 5.41) is 3.49. The molecule has 25 heavy (non-hydrogen) atoms. The predicted octanol–water partition coefficient (Wildman–Crippen LogP) is 3.82. The Kier molecular flexibility index (Phi) is 4.22. The molecule has 1 N–H and O–H groups in total. The SMILES string of the molecule is CCOc1cccc2c1-c1c(OC(C)C3CCCN3)cccc1C2=O. The second-order valence-electron chi connectivity index (χ2n) is 6.65. The first-order valence-corrected chi connectivity index (χ1v) is 9.04. The van der Waals surface area contributed by atoms with Crippen LogP contribution in [0.15, 0.2) is 36.4 Å². The number of carbonyl (C=O) groups excluding carboxylic acids is 1. The molecule has 0 bridgehead atoms. The van der Waals surface area contributed by atoms with Gasteiger partial charge >= 0.3 is 0 Å². The highest BCUT2D eigenvalue weighted by Gasteiger charge is 2.33. The molecule has 2 unspecified atom stereocenters. The van der Waals surface area contributed by atoms with Crippen LogP contribution in [0.3, 0.4) is 0 Å². The number of ether oxygens (including phenoxy) is 2. The van der Waals surface area contributed by atoms with Gasteiger partial charge in [-0.05, 0) is 45.4 Å². The van der Waals surface area contributed by atoms with Gasteiger partial charge in [0.1, 0.15) is 17.6 Å². The lowest BCUT2D eigenvalue weighted by Crippen LogP contribution is -2.36. The average molecular weight is 337 g/mol. The molecule has 2 aromatic rings. The Morgan fingerprint density at radius 3 is 2.44 bits per heavy atom. The van der Waals surface area contributed by atoms with Crippen LogP contribution in [0.4, 0.5) is 0 Å². The molecule has 2 aliphatic rings. The normalized spacial score (nSPS) is 19.4. The van der Waals surface area contributed by atoms with Crippen molar-refractivity contribution in [3.8, 4) is 22.6 Å². The number of rotatable bonds is 5. The number of hydrogen-bond acceptors (Lipinski definition) is 4. The average Bonchev–Trinajstić information content (AvgIpc) is 3.24. The largest absolute Gasteiger partial charge is 0.493 e. The Bertz CT molecular complexity index is 809. The summed E-state index contributed by atoms with van der Waals surface area (Å²) < 4.78 is 12.1. The summed E-state index contributed by atoms with van der Waals surface area (Å²) in [4.78, 5) is 12.8. The second kappa shape index (κ2) is 6.52. The van der Waals surface area contributed by atoms with E-state index in [4.69, 9.17) is 9.47 Å². The Balaban J connectivity index is 1.77. The van der Waals surface area contributed by atoms with E-state index in [1.54, 1.807) is 0 Å². The van der Waals surface area contributed by atoms with E-state index in [1.807, 2.05) is 43.3 Å². The lowest BCUT2D eigenvalue weighted by molar-refractivity contribution is 0.104. The van der Waals surface area contributed by atoms with Crippen molar-refractivity contribution in [1.29, 1.82) is 0 Å². The molecule has 1 aliphatic heterocycles. The fourth-order valence-corrected chi connectivity index (χ4v) is 3.87. The Morgan fingerprint density at radius 1 is 1.12 bits per heavy atom. The molecule has 1 fully saturated rings. The van der Waals surface area contributed by atoms with Crippen molar-refractivity contribution in [2.45, 2.75) is 38.8 Å². The molecule has 0 saturated carbocycles. The van der Waals surface area contributed by atoms with Crippen LogP contribution < -0.4 is 14.8 Å². The minimum Gasteiger partial charge on any atom is -0.493 e. The van der Waals surface area contributed by atoms with Crippen LogP contribution in [-0.2, 0) is 0 Å². The molecule has 0 radical (unpaired) electrons. The molecule has 1 aliphatic carbocycles. The van der Waals surface area contributed by atoms with Crippen LogP contribution in [-0.4, -0.2) is 31.1 Å². The van der Waals surface area contributed by atoms with E-state index >= 15 is 0 Å². The molecule has 2 atom stereocenters. The van der Waals surface area contributed by atoms with Crippen LogP contribution in [0.1, 0.15) is 42.6 Å². The summed E-state index contributed by atoms with van der Waals surface area (Å²) in [6.07, 6.45) is 2.35. The van der Waals surface area contributed by atoms with Gasteiger partial charge in [0, 0.05) is 28.3 Å². The van der Waals surface area contributed by atoms with Crippen molar-refractivity contribution >= 4 is 5.78 Å². The Labute approximate surface area is 148 Å². The molecule has 1 saturated heterocycles. The Morgan fingerprint density at radius 2 is 1.80 bits per heavy atom. The molecule has 0 aromatic heterocycles. The number of benzene rings is 2. The van der Waals surface area contributed by atoms with Crippen LogP contribution in [0, 0.1) is 0 Å². The third-order valence-corrected chi connectivity index (χ3v) is 5.07. The maximum absolute atomic E-state index is 12.8. The predicted molar refractivity (Wildman–Crippen MR) is 97.6 cm³/mol. The van der Waals surface area contributed by atoms with Gasteiger partial charge in [-0.1, -0.05) is 24.3 Å². The van der Waals surface area contributed by atoms with Gasteiger partial charge in [0.25, 0.3) is 0 Å². The molecular weight excluding hydrogens is 314 g/mol. The third-order valence-electron chi connectivity index (χ3n) is 5.07. The molecule has 2 aromatic carbocycles. The Hall–Kier alpha value is -2.33. The lowest BCUT2D eigenvalue weighted by atomic mass is 10.0. The van der Waals surface area contributed by atoms with Gasteiger partial charge in [-0.15, -0.1) is 0 Å². The van der Waals surface area contributed by atoms with E-state index in [9.17, 15) is 4.79 Å². The van der Waals surface area contributed by atoms with E-state index in [1.165, 1.54) is 6.42 Å². The summed E-state index contributed by atoms with van der Waals surface area (Å²) in [6, 6.07) is 11.7. The molecule has 130 valence electrons. The number of fused-ring (bicyclic) bond motifs is 3. The van der Waals surface area contributed by atoms with E-state index in [0.717, 1.165) is 35.6 Å². The highest BCUT2D eigenvalue weighted by atomic mass is 16.5.